The lowest BCUT2D eigenvalue weighted by molar-refractivity contribution is 0.0949. The molecule has 1 atom stereocenters. The van der Waals surface area contributed by atoms with Gasteiger partial charge in [0.25, 0.3) is 5.91 Å². The second-order valence-electron chi connectivity index (χ2n) is 4.03. The number of nitrogens with one attached hydrogen (secondary N) is 2. The van der Waals surface area contributed by atoms with E-state index in [4.69, 9.17) is 11.6 Å². The molecule has 1 aromatic heterocycles. The lowest BCUT2D eigenvalue weighted by Crippen LogP contribution is -2.37. The topological polar surface area (TPSA) is 41.1 Å². The molecule has 1 aliphatic rings. The molecule has 0 saturated carbocycles. The van der Waals surface area contributed by atoms with Crippen molar-refractivity contribution in [2.24, 2.45) is 5.92 Å². The molecule has 1 amide bonds. The maximum atomic E-state index is 11.7. The number of hydrogen-bond acceptors (Lipinski definition) is 3. The van der Waals surface area contributed by atoms with Crippen LogP contribution in [-0.2, 0) is 0 Å². The number of carbonyl (C=O) groups is 1. The van der Waals surface area contributed by atoms with E-state index in [0.29, 0.717) is 15.1 Å². The summed E-state index contributed by atoms with van der Waals surface area (Å²) in [5.41, 5.74) is 0. The number of hydrogen-bond donors (Lipinski definition) is 2. The Morgan fingerprint density at radius 1 is 1.62 bits per heavy atom. The summed E-state index contributed by atoms with van der Waals surface area (Å²) < 4.78 is 0.657. The van der Waals surface area contributed by atoms with Crippen molar-refractivity contribution in [3.63, 3.8) is 0 Å². The van der Waals surface area contributed by atoms with Gasteiger partial charge in [-0.25, -0.2) is 0 Å². The lowest BCUT2D eigenvalue weighted by Gasteiger charge is -2.22. The van der Waals surface area contributed by atoms with E-state index in [1.807, 2.05) is 0 Å². The summed E-state index contributed by atoms with van der Waals surface area (Å²) >= 11 is 7.10. The fourth-order valence-corrected chi connectivity index (χ4v) is 2.82. The molecule has 2 heterocycles. The third-order valence-corrected chi connectivity index (χ3v) is 3.98. The molecule has 3 nitrogen and oxygen atoms in total. The van der Waals surface area contributed by atoms with E-state index >= 15 is 0 Å². The van der Waals surface area contributed by atoms with Gasteiger partial charge < -0.3 is 10.6 Å². The van der Waals surface area contributed by atoms with E-state index in [1.165, 1.54) is 24.2 Å². The smallest absolute Gasteiger partial charge is 0.261 e. The predicted octanol–water partition coefficient (Wildman–Crippen LogP) is 2.13. The molecule has 1 fully saturated rings. The molecule has 0 bridgehead atoms. The Morgan fingerprint density at radius 2 is 2.50 bits per heavy atom. The first-order valence-electron chi connectivity index (χ1n) is 5.50. The van der Waals surface area contributed by atoms with Crippen molar-refractivity contribution in [1.82, 2.24) is 10.6 Å². The van der Waals surface area contributed by atoms with Crippen LogP contribution in [0.2, 0.25) is 4.34 Å². The molecule has 0 aromatic carbocycles. The molecule has 16 heavy (non-hydrogen) atoms. The number of halogens is 1. The first kappa shape index (κ1) is 11.9. The van der Waals surface area contributed by atoms with E-state index in [0.717, 1.165) is 19.6 Å². The zero-order chi connectivity index (χ0) is 11.4. The van der Waals surface area contributed by atoms with Crippen molar-refractivity contribution in [3.8, 4) is 0 Å². The number of carbonyl (C=O) groups excluding carboxylic acids is 1. The van der Waals surface area contributed by atoms with Crippen LogP contribution in [0.15, 0.2) is 12.1 Å². The Kier molecular flexibility index (Phi) is 4.21. The third kappa shape index (κ3) is 3.20. The normalized spacial score (nSPS) is 20.7. The van der Waals surface area contributed by atoms with Gasteiger partial charge in [0, 0.05) is 6.54 Å². The molecule has 0 radical (unpaired) electrons. The first-order chi connectivity index (χ1) is 7.75. The average molecular weight is 259 g/mol. The van der Waals surface area contributed by atoms with E-state index in [2.05, 4.69) is 10.6 Å². The first-order valence-corrected chi connectivity index (χ1v) is 6.69. The Labute approximate surface area is 104 Å². The molecule has 1 aromatic rings. The number of piperidine rings is 1. The van der Waals surface area contributed by atoms with Crippen molar-refractivity contribution < 1.29 is 4.79 Å². The maximum absolute atomic E-state index is 11.7. The maximum Gasteiger partial charge on any atom is 0.261 e. The van der Waals surface area contributed by atoms with Gasteiger partial charge in [-0.2, -0.15) is 0 Å². The summed E-state index contributed by atoms with van der Waals surface area (Å²) in [6.45, 7) is 2.86. The summed E-state index contributed by atoms with van der Waals surface area (Å²) in [5, 5.41) is 6.29. The summed E-state index contributed by atoms with van der Waals surface area (Å²) in [6, 6.07) is 3.52. The van der Waals surface area contributed by atoms with Crippen LogP contribution in [0.5, 0.6) is 0 Å². The minimum absolute atomic E-state index is 0.0116. The van der Waals surface area contributed by atoms with Crippen LogP contribution in [0.1, 0.15) is 22.5 Å². The highest BCUT2D eigenvalue weighted by molar-refractivity contribution is 7.17. The SMILES string of the molecule is O=C(NCC1CCCNC1)c1ccc(Cl)s1. The van der Waals surface area contributed by atoms with Crippen LogP contribution in [-0.4, -0.2) is 25.5 Å². The van der Waals surface area contributed by atoms with Crippen molar-refractivity contribution in [3.05, 3.63) is 21.3 Å². The molecule has 1 unspecified atom stereocenters. The zero-order valence-corrected chi connectivity index (χ0v) is 10.5. The van der Waals surface area contributed by atoms with Gasteiger partial charge in [0.2, 0.25) is 0 Å². The van der Waals surface area contributed by atoms with E-state index in [1.54, 1.807) is 12.1 Å². The Hall–Kier alpha value is -0.580. The monoisotopic (exact) mass is 258 g/mol. The Morgan fingerprint density at radius 3 is 3.12 bits per heavy atom. The fourth-order valence-electron chi connectivity index (χ4n) is 1.86. The van der Waals surface area contributed by atoms with E-state index in [-0.39, 0.29) is 5.91 Å². The van der Waals surface area contributed by atoms with Gasteiger partial charge in [0.05, 0.1) is 9.21 Å². The van der Waals surface area contributed by atoms with Gasteiger partial charge in [-0.15, -0.1) is 11.3 Å². The highest BCUT2D eigenvalue weighted by atomic mass is 35.5. The fraction of sp³-hybridized carbons (Fsp3) is 0.545. The lowest BCUT2D eigenvalue weighted by atomic mass is 10.00. The molecule has 2 N–H and O–H groups in total. The molecular weight excluding hydrogens is 244 g/mol. The van der Waals surface area contributed by atoms with Crippen LogP contribution >= 0.6 is 22.9 Å². The van der Waals surface area contributed by atoms with Crippen LogP contribution < -0.4 is 10.6 Å². The summed E-state index contributed by atoms with van der Waals surface area (Å²) in [6.07, 6.45) is 2.39. The van der Waals surface area contributed by atoms with Gasteiger partial charge in [-0.1, -0.05) is 11.6 Å². The van der Waals surface area contributed by atoms with Crippen molar-refractivity contribution in [2.75, 3.05) is 19.6 Å². The van der Waals surface area contributed by atoms with Crippen molar-refractivity contribution in [2.45, 2.75) is 12.8 Å². The van der Waals surface area contributed by atoms with Gasteiger partial charge in [-0.05, 0) is 44.0 Å². The van der Waals surface area contributed by atoms with Crippen LogP contribution in [0.3, 0.4) is 0 Å². The van der Waals surface area contributed by atoms with Crippen LogP contribution in [0, 0.1) is 5.92 Å². The largest absolute Gasteiger partial charge is 0.351 e. The number of amides is 1. The number of thiophene rings is 1. The van der Waals surface area contributed by atoms with E-state index in [9.17, 15) is 4.79 Å². The molecule has 88 valence electrons. The summed E-state index contributed by atoms with van der Waals surface area (Å²) in [7, 11) is 0. The summed E-state index contributed by atoms with van der Waals surface area (Å²) in [5.74, 6) is 0.551. The molecule has 5 heteroatoms. The van der Waals surface area contributed by atoms with Crippen molar-refractivity contribution in [1.29, 1.82) is 0 Å². The molecular formula is C11H15ClN2OS. The molecule has 2 rings (SSSR count). The van der Waals surface area contributed by atoms with Crippen LogP contribution in [0.25, 0.3) is 0 Å². The predicted molar refractivity (Wildman–Crippen MR) is 67.3 cm³/mol. The third-order valence-electron chi connectivity index (χ3n) is 2.75. The van der Waals surface area contributed by atoms with Crippen molar-refractivity contribution >= 4 is 28.8 Å². The Balaban J connectivity index is 1.79. The minimum Gasteiger partial charge on any atom is -0.351 e. The van der Waals surface area contributed by atoms with Crippen LogP contribution in [0.4, 0.5) is 0 Å². The molecule has 1 aliphatic heterocycles. The van der Waals surface area contributed by atoms with Gasteiger partial charge >= 0.3 is 0 Å². The van der Waals surface area contributed by atoms with Gasteiger partial charge in [0.15, 0.2) is 0 Å². The van der Waals surface area contributed by atoms with Gasteiger partial charge in [0.1, 0.15) is 0 Å². The number of rotatable bonds is 3. The second-order valence-corrected chi connectivity index (χ2v) is 5.74. The quantitative estimate of drug-likeness (QED) is 0.872. The second kappa shape index (κ2) is 5.66. The van der Waals surface area contributed by atoms with Gasteiger partial charge in [-0.3, -0.25) is 4.79 Å². The van der Waals surface area contributed by atoms with E-state index < -0.39 is 0 Å². The summed E-state index contributed by atoms with van der Waals surface area (Å²) in [4.78, 5) is 12.4. The molecule has 0 aliphatic carbocycles. The highest BCUT2D eigenvalue weighted by Crippen LogP contribution is 2.21. The standard InChI is InChI=1S/C11H15ClN2OS/c12-10-4-3-9(16-10)11(15)14-7-8-2-1-5-13-6-8/h3-4,8,13H,1-2,5-7H2,(H,14,15). The molecule has 0 spiro atoms. The average Bonchev–Trinajstić information content (AvgIpc) is 2.74. The Bertz CT molecular complexity index is 361. The minimum atomic E-state index is -0.0116. The molecule has 1 saturated heterocycles. The zero-order valence-electron chi connectivity index (χ0n) is 8.96. The highest BCUT2D eigenvalue weighted by Gasteiger charge is 2.15.